The van der Waals surface area contributed by atoms with Crippen LogP contribution >= 0.6 is 0 Å². The highest BCUT2D eigenvalue weighted by atomic mass is 16.5. The van der Waals surface area contributed by atoms with E-state index >= 15 is 0 Å². The van der Waals surface area contributed by atoms with Crippen molar-refractivity contribution in [2.24, 2.45) is 0 Å². The quantitative estimate of drug-likeness (QED) is 0.482. The number of carbonyl (C=O) groups excluding carboxylic acids is 3. The first-order chi connectivity index (χ1) is 11.4. The Labute approximate surface area is 141 Å². The molecule has 6 nitrogen and oxygen atoms in total. The van der Waals surface area contributed by atoms with Crippen molar-refractivity contribution in [3.05, 3.63) is 41.5 Å². The summed E-state index contributed by atoms with van der Waals surface area (Å²) in [6.45, 7) is 7.08. The van der Waals surface area contributed by atoms with Gasteiger partial charge in [-0.05, 0) is 32.0 Å². The van der Waals surface area contributed by atoms with Gasteiger partial charge >= 0.3 is 5.97 Å². The van der Waals surface area contributed by atoms with Crippen molar-refractivity contribution >= 4 is 17.8 Å². The summed E-state index contributed by atoms with van der Waals surface area (Å²) in [4.78, 5) is 39.0. The minimum Gasteiger partial charge on any atom is -0.427 e. The summed E-state index contributed by atoms with van der Waals surface area (Å²) >= 11 is 0. The Morgan fingerprint density at radius 1 is 1.00 bits per heavy atom. The molecule has 24 heavy (non-hydrogen) atoms. The summed E-state index contributed by atoms with van der Waals surface area (Å²) in [6, 6.07) is 6.56. The molecule has 1 aliphatic heterocycles. The standard InChI is InChI=1S/C18H22N2O4/c1-13(2)11-17(22)19-7-9-20(10-8-19)18(23)15-5-4-6-16(12-15)24-14(3)21/h4-6,11-12H,7-10H2,1-3H3. The Morgan fingerprint density at radius 3 is 2.21 bits per heavy atom. The van der Waals surface area contributed by atoms with Gasteiger partial charge in [0.15, 0.2) is 0 Å². The van der Waals surface area contributed by atoms with E-state index in [4.69, 9.17) is 4.74 Å². The normalized spacial score (nSPS) is 14.1. The van der Waals surface area contributed by atoms with E-state index in [2.05, 4.69) is 0 Å². The first kappa shape index (κ1) is 17.7. The SMILES string of the molecule is CC(=O)Oc1cccc(C(=O)N2CCN(C(=O)C=C(C)C)CC2)c1. The molecule has 2 rings (SSSR count). The molecular weight excluding hydrogens is 308 g/mol. The molecule has 1 saturated heterocycles. The topological polar surface area (TPSA) is 66.9 Å². The second kappa shape index (κ2) is 7.77. The average molecular weight is 330 g/mol. The summed E-state index contributed by atoms with van der Waals surface area (Å²) in [5.74, 6) is -0.214. The van der Waals surface area contributed by atoms with Gasteiger partial charge in [0.05, 0.1) is 0 Å². The Bertz CT molecular complexity index is 669. The fourth-order valence-electron chi connectivity index (χ4n) is 2.51. The van der Waals surface area contributed by atoms with Crippen LogP contribution in [0.4, 0.5) is 0 Å². The minimum absolute atomic E-state index is 0.0149. The zero-order chi connectivity index (χ0) is 17.7. The first-order valence-electron chi connectivity index (χ1n) is 7.88. The van der Waals surface area contributed by atoms with E-state index in [1.54, 1.807) is 40.1 Å². The predicted molar refractivity (Wildman–Crippen MR) is 89.7 cm³/mol. The molecule has 0 aromatic heterocycles. The monoisotopic (exact) mass is 330 g/mol. The number of carbonyl (C=O) groups is 3. The van der Waals surface area contributed by atoms with Crippen LogP contribution in [0.5, 0.6) is 5.75 Å². The Kier molecular flexibility index (Phi) is 5.73. The minimum atomic E-state index is -0.425. The number of esters is 1. The van der Waals surface area contributed by atoms with Crippen LogP contribution in [0.1, 0.15) is 31.1 Å². The largest absolute Gasteiger partial charge is 0.427 e. The van der Waals surface area contributed by atoms with Gasteiger partial charge < -0.3 is 14.5 Å². The molecule has 1 fully saturated rings. The smallest absolute Gasteiger partial charge is 0.308 e. The van der Waals surface area contributed by atoms with Gasteiger partial charge in [0.1, 0.15) is 5.75 Å². The van der Waals surface area contributed by atoms with Crippen LogP contribution in [0.3, 0.4) is 0 Å². The van der Waals surface area contributed by atoms with Crippen molar-refractivity contribution in [3.63, 3.8) is 0 Å². The van der Waals surface area contributed by atoms with Crippen LogP contribution in [0.15, 0.2) is 35.9 Å². The molecule has 0 aliphatic carbocycles. The molecule has 0 unspecified atom stereocenters. The van der Waals surface area contributed by atoms with Gasteiger partial charge in [-0.1, -0.05) is 11.6 Å². The molecule has 0 saturated carbocycles. The molecular formula is C18H22N2O4. The van der Waals surface area contributed by atoms with Crippen molar-refractivity contribution in [1.82, 2.24) is 9.80 Å². The number of ether oxygens (including phenoxy) is 1. The van der Waals surface area contributed by atoms with Gasteiger partial charge in [-0.15, -0.1) is 0 Å². The molecule has 1 aromatic rings. The molecule has 0 spiro atoms. The van der Waals surface area contributed by atoms with Crippen molar-refractivity contribution < 1.29 is 19.1 Å². The van der Waals surface area contributed by atoms with E-state index in [-0.39, 0.29) is 11.8 Å². The van der Waals surface area contributed by atoms with Gasteiger partial charge in [-0.2, -0.15) is 0 Å². The van der Waals surface area contributed by atoms with Crippen LogP contribution in [0.2, 0.25) is 0 Å². The lowest BCUT2D eigenvalue weighted by Crippen LogP contribution is -2.50. The average Bonchev–Trinajstić information content (AvgIpc) is 2.53. The third-order valence-corrected chi connectivity index (χ3v) is 3.63. The summed E-state index contributed by atoms with van der Waals surface area (Å²) in [6.07, 6.45) is 1.61. The number of hydrogen-bond acceptors (Lipinski definition) is 4. The summed E-state index contributed by atoms with van der Waals surface area (Å²) in [5, 5.41) is 0. The van der Waals surface area contributed by atoms with Crippen LogP contribution in [-0.4, -0.2) is 53.8 Å². The summed E-state index contributed by atoms with van der Waals surface area (Å²) < 4.78 is 5.01. The number of allylic oxidation sites excluding steroid dienone is 1. The number of amides is 2. The molecule has 2 amide bonds. The lowest BCUT2D eigenvalue weighted by molar-refractivity contribution is -0.132. The third kappa shape index (κ3) is 4.68. The summed E-state index contributed by atoms with van der Waals surface area (Å²) in [7, 11) is 0. The van der Waals surface area contributed by atoms with E-state index in [0.29, 0.717) is 37.5 Å². The van der Waals surface area contributed by atoms with Gasteiger partial charge in [0.2, 0.25) is 5.91 Å². The molecule has 0 radical (unpaired) electrons. The van der Waals surface area contributed by atoms with Crippen LogP contribution < -0.4 is 4.74 Å². The molecule has 6 heteroatoms. The highest BCUT2D eigenvalue weighted by Crippen LogP contribution is 2.16. The van der Waals surface area contributed by atoms with Gasteiger partial charge in [0.25, 0.3) is 5.91 Å². The zero-order valence-corrected chi connectivity index (χ0v) is 14.2. The van der Waals surface area contributed by atoms with Crippen molar-refractivity contribution in [1.29, 1.82) is 0 Å². The Hall–Kier alpha value is -2.63. The number of piperazine rings is 1. The highest BCUT2D eigenvalue weighted by molar-refractivity contribution is 5.95. The maximum atomic E-state index is 12.6. The number of nitrogens with zero attached hydrogens (tertiary/aromatic N) is 2. The Balaban J connectivity index is 1.99. The summed E-state index contributed by atoms with van der Waals surface area (Å²) in [5.41, 5.74) is 1.43. The van der Waals surface area contributed by atoms with E-state index < -0.39 is 5.97 Å². The zero-order valence-electron chi connectivity index (χ0n) is 14.2. The molecule has 1 heterocycles. The first-order valence-corrected chi connectivity index (χ1v) is 7.88. The molecule has 1 aromatic carbocycles. The lowest BCUT2D eigenvalue weighted by atomic mass is 10.1. The van der Waals surface area contributed by atoms with Gasteiger partial charge in [0, 0.05) is 44.7 Å². The van der Waals surface area contributed by atoms with Gasteiger partial charge in [-0.25, -0.2) is 0 Å². The molecule has 128 valence electrons. The fraction of sp³-hybridized carbons (Fsp3) is 0.389. The number of rotatable bonds is 3. The predicted octanol–water partition coefficient (Wildman–Crippen LogP) is 1.86. The van der Waals surface area contributed by atoms with Crippen LogP contribution in [0, 0.1) is 0 Å². The van der Waals surface area contributed by atoms with E-state index in [0.717, 1.165) is 5.57 Å². The van der Waals surface area contributed by atoms with Crippen LogP contribution in [0.25, 0.3) is 0 Å². The Morgan fingerprint density at radius 2 is 1.62 bits per heavy atom. The van der Waals surface area contributed by atoms with Gasteiger partial charge in [-0.3, -0.25) is 14.4 Å². The highest BCUT2D eigenvalue weighted by Gasteiger charge is 2.24. The molecule has 0 atom stereocenters. The molecule has 0 N–H and O–H groups in total. The van der Waals surface area contributed by atoms with E-state index in [1.807, 2.05) is 13.8 Å². The maximum Gasteiger partial charge on any atom is 0.308 e. The maximum absolute atomic E-state index is 12.6. The number of benzene rings is 1. The second-order valence-corrected chi connectivity index (χ2v) is 5.96. The van der Waals surface area contributed by atoms with Crippen LogP contribution in [-0.2, 0) is 9.59 Å². The fourth-order valence-corrected chi connectivity index (χ4v) is 2.51. The molecule has 0 bridgehead atoms. The molecule has 1 aliphatic rings. The van der Waals surface area contributed by atoms with Crippen molar-refractivity contribution in [2.45, 2.75) is 20.8 Å². The van der Waals surface area contributed by atoms with E-state index in [9.17, 15) is 14.4 Å². The number of hydrogen-bond donors (Lipinski definition) is 0. The third-order valence-electron chi connectivity index (χ3n) is 3.63. The lowest BCUT2D eigenvalue weighted by Gasteiger charge is -2.34. The second-order valence-electron chi connectivity index (χ2n) is 5.96. The van der Waals surface area contributed by atoms with Crippen molar-refractivity contribution in [2.75, 3.05) is 26.2 Å². The van der Waals surface area contributed by atoms with E-state index in [1.165, 1.54) is 6.92 Å². The van der Waals surface area contributed by atoms with Crippen molar-refractivity contribution in [3.8, 4) is 5.75 Å².